The monoisotopic (exact) mass is 359 g/mol. The van der Waals surface area contributed by atoms with Crippen molar-refractivity contribution in [2.75, 3.05) is 13.1 Å². The number of piperidine rings is 1. The third-order valence-corrected chi connectivity index (χ3v) is 5.09. The van der Waals surface area contributed by atoms with Gasteiger partial charge in [0.05, 0.1) is 0 Å². The fourth-order valence-electron chi connectivity index (χ4n) is 3.48. The van der Waals surface area contributed by atoms with E-state index in [1.165, 1.54) is 12.1 Å². The lowest BCUT2D eigenvalue weighted by molar-refractivity contribution is 0.0668. The van der Waals surface area contributed by atoms with Crippen molar-refractivity contribution in [3.63, 3.8) is 0 Å². The van der Waals surface area contributed by atoms with Crippen molar-refractivity contribution >= 4 is 5.91 Å². The summed E-state index contributed by atoms with van der Waals surface area (Å²) in [4.78, 5) is 14.5. The normalized spacial score (nSPS) is 17.3. The second kappa shape index (κ2) is 7.85. The van der Waals surface area contributed by atoms with Crippen LogP contribution in [0.3, 0.4) is 0 Å². The van der Waals surface area contributed by atoms with Gasteiger partial charge in [-0.2, -0.15) is 0 Å². The molecule has 0 aromatic heterocycles. The molecule has 0 aliphatic carbocycles. The molecular weight excluding hydrogens is 336 g/mol. The predicted octanol–water partition coefficient (Wildman–Crippen LogP) is 4.46. The van der Waals surface area contributed by atoms with Crippen molar-refractivity contribution in [2.24, 2.45) is 5.92 Å². The summed E-state index contributed by atoms with van der Waals surface area (Å²) < 4.78 is 26.3. The van der Waals surface area contributed by atoms with E-state index in [4.69, 9.17) is 0 Å². The number of carbonyl (C=O) groups excluding carboxylic acids is 1. The molecule has 2 aromatic carbocycles. The molecule has 5 heteroatoms. The highest BCUT2D eigenvalue weighted by Crippen LogP contribution is 2.25. The number of hydrogen-bond acceptors (Lipinski definition) is 2. The number of nitrogens with zero attached hydrogens (tertiary/aromatic N) is 1. The van der Waals surface area contributed by atoms with Crippen LogP contribution in [0.1, 0.15) is 40.7 Å². The number of phenols is 1. The molecule has 2 aromatic rings. The van der Waals surface area contributed by atoms with E-state index < -0.39 is 11.6 Å². The van der Waals surface area contributed by atoms with Crippen LogP contribution in [0.5, 0.6) is 5.75 Å². The number of aryl methyl sites for hydroxylation is 2. The second-order valence-electron chi connectivity index (χ2n) is 7.05. The van der Waals surface area contributed by atoms with Gasteiger partial charge in [-0.15, -0.1) is 0 Å². The van der Waals surface area contributed by atoms with Gasteiger partial charge in [-0.3, -0.25) is 4.79 Å². The van der Waals surface area contributed by atoms with Crippen molar-refractivity contribution in [3.05, 3.63) is 64.7 Å². The molecule has 26 heavy (non-hydrogen) atoms. The molecule has 1 aliphatic rings. The average molecular weight is 359 g/mol. The number of carbonyl (C=O) groups is 1. The van der Waals surface area contributed by atoms with Gasteiger partial charge >= 0.3 is 0 Å². The predicted molar refractivity (Wildman–Crippen MR) is 96.2 cm³/mol. The van der Waals surface area contributed by atoms with E-state index in [2.05, 4.69) is 0 Å². The highest BCUT2D eigenvalue weighted by atomic mass is 19.2. The number of rotatable bonds is 4. The molecule has 3 rings (SSSR count). The summed E-state index contributed by atoms with van der Waals surface area (Å²) >= 11 is 0. The Balaban J connectivity index is 1.60. The van der Waals surface area contributed by atoms with Gasteiger partial charge in [0.25, 0.3) is 5.91 Å². The Morgan fingerprint density at radius 2 is 2.00 bits per heavy atom. The van der Waals surface area contributed by atoms with Crippen LogP contribution < -0.4 is 0 Å². The second-order valence-corrected chi connectivity index (χ2v) is 7.05. The number of likely N-dealkylation sites (tertiary alicyclic amines) is 1. The third kappa shape index (κ3) is 4.21. The maximum atomic E-state index is 13.3. The van der Waals surface area contributed by atoms with E-state index in [9.17, 15) is 18.7 Å². The first-order valence-electron chi connectivity index (χ1n) is 8.97. The zero-order chi connectivity index (χ0) is 18.7. The average Bonchev–Trinajstić information content (AvgIpc) is 2.64. The Morgan fingerprint density at radius 1 is 1.19 bits per heavy atom. The topological polar surface area (TPSA) is 40.5 Å². The molecule has 0 saturated carbocycles. The molecule has 1 heterocycles. The summed E-state index contributed by atoms with van der Waals surface area (Å²) in [6, 6.07) is 9.01. The molecule has 1 fully saturated rings. The van der Waals surface area contributed by atoms with Crippen molar-refractivity contribution < 1.29 is 18.7 Å². The Hall–Kier alpha value is -2.43. The maximum Gasteiger partial charge on any atom is 0.253 e. The molecule has 0 spiro atoms. The van der Waals surface area contributed by atoms with Crippen LogP contribution in [0.15, 0.2) is 36.4 Å². The van der Waals surface area contributed by atoms with Crippen LogP contribution in [0.4, 0.5) is 8.78 Å². The molecule has 1 atom stereocenters. The van der Waals surface area contributed by atoms with Crippen molar-refractivity contribution in [3.8, 4) is 5.75 Å². The molecule has 0 bridgehead atoms. The lowest BCUT2D eigenvalue weighted by Gasteiger charge is -2.33. The molecule has 1 amide bonds. The Kier molecular flexibility index (Phi) is 5.55. The minimum absolute atomic E-state index is 0.0715. The molecule has 1 aliphatic heterocycles. The summed E-state index contributed by atoms with van der Waals surface area (Å²) in [5, 5.41) is 9.82. The van der Waals surface area contributed by atoms with E-state index >= 15 is 0 Å². The van der Waals surface area contributed by atoms with Crippen LogP contribution in [0.2, 0.25) is 0 Å². The quantitative estimate of drug-likeness (QED) is 0.875. The summed E-state index contributed by atoms with van der Waals surface area (Å²) in [6.07, 6.45) is 3.43. The lowest BCUT2D eigenvalue weighted by atomic mass is 9.91. The summed E-state index contributed by atoms with van der Waals surface area (Å²) in [6.45, 7) is 3.14. The van der Waals surface area contributed by atoms with E-state index in [0.29, 0.717) is 31.0 Å². The van der Waals surface area contributed by atoms with Crippen molar-refractivity contribution in [2.45, 2.75) is 32.6 Å². The number of hydrogen-bond donors (Lipinski definition) is 1. The zero-order valence-corrected chi connectivity index (χ0v) is 14.8. The molecule has 1 saturated heterocycles. The van der Waals surface area contributed by atoms with Gasteiger partial charge < -0.3 is 10.0 Å². The number of halogens is 2. The maximum absolute atomic E-state index is 13.3. The first kappa shape index (κ1) is 18.4. The number of amides is 1. The van der Waals surface area contributed by atoms with Gasteiger partial charge in [-0.05, 0) is 73.9 Å². The van der Waals surface area contributed by atoms with Crippen LogP contribution >= 0.6 is 0 Å². The van der Waals surface area contributed by atoms with Crippen molar-refractivity contribution in [1.29, 1.82) is 0 Å². The van der Waals surface area contributed by atoms with Crippen LogP contribution in [-0.4, -0.2) is 29.0 Å². The minimum atomic E-state index is -0.829. The smallest absolute Gasteiger partial charge is 0.253 e. The van der Waals surface area contributed by atoms with E-state index in [0.717, 1.165) is 36.5 Å². The molecular formula is C21H23F2NO2. The number of benzene rings is 2. The van der Waals surface area contributed by atoms with E-state index in [-0.39, 0.29) is 11.7 Å². The molecule has 1 N–H and O–H groups in total. The highest BCUT2D eigenvalue weighted by molar-refractivity contribution is 5.94. The van der Waals surface area contributed by atoms with E-state index in [1.807, 2.05) is 4.90 Å². The van der Waals surface area contributed by atoms with Gasteiger partial charge in [-0.25, -0.2) is 8.78 Å². The highest BCUT2D eigenvalue weighted by Gasteiger charge is 2.24. The first-order valence-corrected chi connectivity index (χ1v) is 8.97. The SMILES string of the molecule is Cc1ccc(C(=O)N2CCC[C@@H](CCc3ccc(F)c(F)c3)C2)cc1O. The number of aromatic hydroxyl groups is 1. The minimum Gasteiger partial charge on any atom is -0.508 e. The largest absolute Gasteiger partial charge is 0.508 e. The third-order valence-electron chi connectivity index (χ3n) is 5.09. The first-order chi connectivity index (χ1) is 12.4. The van der Waals surface area contributed by atoms with Gasteiger partial charge in [0.15, 0.2) is 11.6 Å². The van der Waals surface area contributed by atoms with Gasteiger partial charge in [0.1, 0.15) is 5.75 Å². The zero-order valence-electron chi connectivity index (χ0n) is 14.8. The van der Waals surface area contributed by atoms with Crippen LogP contribution in [0, 0.1) is 24.5 Å². The molecule has 138 valence electrons. The fourth-order valence-corrected chi connectivity index (χ4v) is 3.48. The summed E-state index contributed by atoms with van der Waals surface area (Å²) in [7, 11) is 0. The standard InChI is InChI=1S/C21H23F2NO2/c1-14-4-8-17(12-20(14)25)21(26)24-10-2-3-16(13-24)6-5-15-7-9-18(22)19(23)11-15/h4,7-9,11-12,16,25H,2-3,5-6,10,13H2,1H3/t16-/m0/s1. The number of phenolic OH excluding ortho intramolecular Hbond substituents is 1. The van der Waals surface area contributed by atoms with E-state index in [1.54, 1.807) is 25.1 Å². The van der Waals surface area contributed by atoms with Gasteiger partial charge in [0.2, 0.25) is 0 Å². The Bertz CT molecular complexity index is 807. The Morgan fingerprint density at radius 3 is 2.73 bits per heavy atom. The van der Waals surface area contributed by atoms with Crippen LogP contribution in [-0.2, 0) is 6.42 Å². The summed E-state index contributed by atoms with van der Waals surface area (Å²) in [5.41, 5.74) is 2.01. The molecule has 3 nitrogen and oxygen atoms in total. The summed E-state index contributed by atoms with van der Waals surface area (Å²) in [5.74, 6) is -1.26. The lowest BCUT2D eigenvalue weighted by Crippen LogP contribution is -2.40. The van der Waals surface area contributed by atoms with Gasteiger partial charge in [-0.1, -0.05) is 12.1 Å². The fraction of sp³-hybridized carbons (Fsp3) is 0.381. The Labute approximate surface area is 152 Å². The van der Waals surface area contributed by atoms with Crippen LogP contribution in [0.25, 0.3) is 0 Å². The molecule has 0 unspecified atom stereocenters. The van der Waals surface area contributed by atoms with Crippen molar-refractivity contribution in [1.82, 2.24) is 4.90 Å². The van der Waals surface area contributed by atoms with Gasteiger partial charge in [0, 0.05) is 18.7 Å². The molecule has 0 radical (unpaired) electrons.